The smallest absolute Gasteiger partial charge is 0.261 e. The van der Waals surface area contributed by atoms with E-state index in [0.29, 0.717) is 28.9 Å². The summed E-state index contributed by atoms with van der Waals surface area (Å²) in [5.41, 5.74) is 8.66. The maximum atomic E-state index is 7.38. The van der Waals surface area contributed by atoms with E-state index in [0.717, 1.165) is 38.6 Å². The van der Waals surface area contributed by atoms with Gasteiger partial charge in [0.1, 0.15) is 11.0 Å². The number of anilines is 1. The van der Waals surface area contributed by atoms with Crippen molar-refractivity contribution in [1.82, 2.24) is 20.1 Å². The fourth-order valence-electron chi connectivity index (χ4n) is 6.70. The number of benzene rings is 5. The maximum Gasteiger partial charge on any atom is 0.261 e. The van der Waals surface area contributed by atoms with Gasteiger partial charge < -0.3 is 4.43 Å². The second-order valence-electron chi connectivity index (χ2n) is 12.8. The van der Waals surface area contributed by atoms with Crippen molar-refractivity contribution < 1.29 is 4.43 Å². The molecule has 0 radical (unpaired) electrons. The zero-order valence-corrected chi connectivity index (χ0v) is 29.5. The van der Waals surface area contributed by atoms with Gasteiger partial charge in [0.15, 0.2) is 5.82 Å². The van der Waals surface area contributed by atoms with Crippen molar-refractivity contribution in [2.45, 2.75) is 32.2 Å². The highest BCUT2D eigenvalue weighted by Gasteiger charge is 2.50. The van der Waals surface area contributed by atoms with E-state index >= 15 is 0 Å². The lowest BCUT2D eigenvalue weighted by molar-refractivity contribution is 0.302. The van der Waals surface area contributed by atoms with E-state index in [1.165, 1.54) is 10.4 Å². The second-order valence-corrected chi connectivity index (χ2v) is 18.0. The summed E-state index contributed by atoms with van der Waals surface area (Å²) in [5, 5.41) is 13.2. The van der Waals surface area contributed by atoms with Crippen LogP contribution in [0.3, 0.4) is 0 Å². The van der Waals surface area contributed by atoms with Gasteiger partial charge in [-0.25, -0.2) is 4.98 Å². The molecule has 240 valence electrons. The molecule has 2 heterocycles. The average molecular weight is 689 g/mol. The van der Waals surface area contributed by atoms with Gasteiger partial charge in [0.2, 0.25) is 0 Å². The Hall–Kier alpha value is -4.53. The van der Waals surface area contributed by atoms with Crippen LogP contribution in [0.15, 0.2) is 127 Å². The molecule has 0 atom stereocenters. The number of halogens is 2. The number of hydrogen-bond acceptors (Lipinski definition) is 5. The largest absolute Gasteiger partial charge is 0.407 e. The van der Waals surface area contributed by atoms with Crippen LogP contribution in [0, 0.1) is 0 Å². The number of rotatable bonds is 9. The molecule has 0 bridgehead atoms. The van der Waals surface area contributed by atoms with Crippen LogP contribution in [0.5, 0.6) is 0 Å². The molecule has 0 unspecified atom stereocenters. The summed E-state index contributed by atoms with van der Waals surface area (Å²) < 4.78 is 7.38. The van der Waals surface area contributed by atoms with Crippen molar-refractivity contribution in [1.29, 1.82) is 0 Å². The molecule has 5 aromatic carbocycles. The molecule has 2 aromatic heterocycles. The molecule has 48 heavy (non-hydrogen) atoms. The lowest BCUT2D eigenvalue weighted by atomic mass is 9.94. The summed E-state index contributed by atoms with van der Waals surface area (Å²) in [5.74, 6) is 0.640. The van der Waals surface area contributed by atoms with Crippen LogP contribution in [0.1, 0.15) is 26.3 Å². The van der Waals surface area contributed by atoms with Gasteiger partial charge in [-0.15, -0.1) is 5.10 Å². The van der Waals surface area contributed by atoms with E-state index < -0.39 is 8.32 Å². The topological polar surface area (TPSA) is 64.9 Å². The first-order valence-electron chi connectivity index (χ1n) is 16.0. The highest BCUT2D eigenvalue weighted by molar-refractivity contribution is 6.99. The van der Waals surface area contributed by atoms with E-state index in [-0.39, 0.29) is 5.04 Å². The van der Waals surface area contributed by atoms with E-state index in [9.17, 15) is 0 Å². The molecule has 6 nitrogen and oxygen atoms in total. The Morgan fingerprint density at radius 1 is 0.750 bits per heavy atom. The SMILES string of the molecule is CC(C)(C)[Si](OCCc1c(Nn2nnc3ccccc32)nc2ccc(Cl)cc2c1-c1ccccc1Cl)(c1ccccc1)c1ccccc1. The number of hydrogen-bond donors (Lipinski definition) is 1. The molecule has 9 heteroatoms. The summed E-state index contributed by atoms with van der Waals surface area (Å²) in [6, 6.07) is 42.8. The third-order valence-corrected chi connectivity index (χ3v) is 14.4. The van der Waals surface area contributed by atoms with Crippen LogP contribution in [-0.4, -0.2) is 35.0 Å². The fraction of sp³-hybridized carbons (Fsp3) is 0.154. The van der Waals surface area contributed by atoms with Crippen LogP contribution in [0.25, 0.3) is 33.1 Å². The van der Waals surface area contributed by atoms with E-state index in [1.54, 1.807) is 4.79 Å². The number of para-hydroxylation sites is 1. The Morgan fingerprint density at radius 2 is 1.40 bits per heavy atom. The van der Waals surface area contributed by atoms with Gasteiger partial charge in [0.05, 0.1) is 5.52 Å². The van der Waals surface area contributed by atoms with Crippen molar-refractivity contribution in [2.24, 2.45) is 0 Å². The first-order valence-corrected chi connectivity index (χ1v) is 18.6. The Kier molecular flexibility index (Phi) is 8.79. The van der Waals surface area contributed by atoms with Crippen LogP contribution < -0.4 is 15.8 Å². The van der Waals surface area contributed by atoms with Gasteiger partial charge in [-0.2, -0.15) is 4.79 Å². The summed E-state index contributed by atoms with van der Waals surface area (Å²) in [7, 11) is -2.81. The predicted molar refractivity (Wildman–Crippen MR) is 201 cm³/mol. The normalized spacial score (nSPS) is 12.1. The zero-order valence-electron chi connectivity index (χ0n) is 27.0. The minimum atomic E-state index is -2.81. The predicted octanol–water partition coefficient (Wildman–Crippen LogP) is 8.95. The minimum absolute atomic E-state index is 0.169. The van der Waals surface area contributed by atoms with Crippen molar-refractivity contribution in [3.8, 4) is 11.1 Å². The number of fused-ring (bicyclic) bond motifs is 2. The fourth-order valence-corrected chi connectivity index (χ4v) is 11.7. The number of nitrogens with one attached hydrogen (secondary N) is 1. The first kappa shape index (κ1) is 32.0. The van der Waals surface area contributed by atoms with Crippen LogP contribution in [-0.2, 0) is 10.8 Å². The van der Waals surface area contributed by atoms with Crippen LogP contribution in [0.4, 0.5) is 5.82 Å². The van der Waals surface area contributed by atoms with Gasteiger partial charge in [0.25, 0.3) is 8.32 Å². The first-order chi connectivity index (χ1) is 23.3. The third kappa shape index (κ3) is 5.88. The molecule has 0 fully saturated rings. The van der Waals surface area contributed by atoms with E-state index in [2.05, 4.69) is 97.2 Å². The van der Waals surface area contributed by atoms with Crippen LogP contribution in [0.2, 0.25) is 15.1 Å². The summed E-state index contributed by atoms with van der Waals surface area (Å²) in [6.45, 7) is 7.30. The van der Waals surface area contributed by atoms with Crippen molar-refractivity contribution in [2.75, 3.05) is 12.0 Å². The van der Waals surface area contributed by atoms with Crippen LogP contribution >= 0.6 is 23.2 Å². The zero-order chi connectivity index (χ0) is 33.3. The molecule has 0 aliphatic rings. The lowest BCUT2D eigenvalue weighted by Gasteiger charge is -2.43. The molecule has 0 saturated carbocycles. The molecule has 0 aliphatic carbocycles. The Bertz CT molecular complexity index is 2180. The standard InChI is InChI=1S/C39H35Cl2N5OSi/c1-39(2,3)48(28-14-6-4-7-15-28,29-16-8-5-9-17-29)47-25-24-31-37(30-18-10-11-19-33(30)41)32-26-27(40)22-23-34(32)42-38(31)44-46-36-21-13-12-20-35(36)43-45-46/h4-23,26H,24-25H2,1-3H3,(H,42,44). The summed E-state index contributed by atoms with van der Waals surface area (Å²) in [4.78, 5) is 6.82. The van der Waals surface area contributed by atoms with Crippen molar-refractivity contribution in [3.63, 3.8) is 0 Å². The van der Waals surface area contributed by atoms with E-state index in [1.807, 2.05) is 66.7 Å². The minimum Gasteiger partial charge on any atom is -0.407 e. The summed E-state index contributed by atoms with van der Waals surface area (Å²) in [6.07, 6.45) is 0.537. The Balaban J connectivity index is 1.40. The van der Waals surface area contributed by atoms with Gasteiger partial charge in [-0.05, 0) is 69.0 Å². The van der Waals surface area contributed by atoms with E-state index in [4.69, 9.17) is 32.6 Å². The highest BCUT2D eigenvalue weighted by Crippen LogP contribution is 2.41. The number of nitrogens with zero attached hydrogens (tertiary/aromatic N) is 4. The average Bonchev–Trinajstić information content (AvgIpc) is 3.50. The number of aromatic nitrogens is 4. The summed E-state index contributed by atoms with van der Waals surface area (Å²) >= 11 is 13.6. The third-order valence-electron chi connectivity index (χ3n) is 8.84. The molecular weight excluding hydrogens is 653 g/mol. The highest BCUT2D eigenvalue weighted by atomic mass is 35.5. The molecule has 0 amide bonds. The van der Waals surface area contributed by atoms with Gasteiger partial charge in [0, 0.05) is 33.2 Å². The molecule has 0 spiro atoms. The molecule has 7 rings (SSSR count). The second kappa shape index (κ2) is 13.2. The number of pyridine rings is 1. The van der Waals surface area contributed by atoms with Gasteiger partial charge >= 0.3 is 0 Å². The quantitative estimate of drug-likeness (QED) is 0.154. The molecule has 1 N–H and O–H groups in total. The van der Waals surface area contributed by atoms with Crippen molar-refractivity contribution in [3.05, 3.63) is 143 Å². The van der Waals surface area contributed by atoms with Gasteiger partial charge in [-0.3, -0.25) is 5.43 Å². The van der Waals surface area contributed by atoms with Gasteiger partial charge in [-0.1, -0.05) is 135 Å². The molecule has 0 saturated heterocycles. The monoisotopic (exact) mass is 687 g/mol. The molecule has 7 aromatic rings. The molecular formula is C39H35Cl2N5OSi. The lowest BCUT2D eigenvalue weighted by Crippen LogP contribution is -2.66. The maximum absolute atomic E-state index is 7.38. The molecule has 0 aliphatic heterocycles. The Labute approximate surface area is 291 Å². The Morgan fingerprint density at radius 3 is 2.08 bits per heavy atom. The van der Waals surface area contributed by atoms with Crippen molar-refractivity contribution >= 4 is 69.6 Å².